The summed E-state index contributed by atoms with van der Waals surface area (Å²) in [5.74, 6) is -0.0271. The zero-order valence-electron chi connectivity index (χ0n) is 18.2. The van der Waals surface area contributed by atoms with Gasteiger partial charge in [0.2, 0.25) is 15.9 Å². The van der Waals surface area contributed by atoms with Gasteiger partial charge in [-0.3, -0.25) is 4.79 Å². The van der Waals surface area contributed by atoms with Crippen molar-refractivity contribution < 1.29 is 18.3 Å². The molecule has 0 bridgehead atoms. The highest BCUT2D eigenvalue weighted by Crippen LogP contribution is 2.17. The molecule has 0 radical (unpaired) electrons. The SMILES string of the molecule is Cc1ccc(S(=O)(=O)NC(C(=O)NC(C)c2ccc(CC(C)C)cc2)C(C)O)cc1. The number of aryl methyl sites for hydroxylation is 1. The molecule has 0 fully saturated rings. The molecule has 6 nitrogen and oxygen atoms in total. The van der Waals surface area contributed by atoms with Crippen molar-refractivity contribution in [2.24, 2.45) is 5.92 Å². The van der Waals surface area contributed by atoms with Gasteiger partial charge in [0.05, 0.1) is 17.0 Å². The topological polar surface area (TPSA) is 95.5 Å². The molecule has 0 saturated heterocycles. The van der Waals surface area contributed by atoms with Crippen LogP contribution in [-0.2, 0) is 21.2 Å². The minimum absolute atomic E-state index is 0.0420. The van der Waals surface area contributed by atoms with Gasteiger partial charge in [-0.25, -0.2) is 8.42 Å². The third-order valence-corrected chi connectivity index (χ3v) is 6.32. The van der Waals surface area contributed by atoms with Gasteiger partial charge < -0.3 is 10.4 Å². The molecular formula is C23H32N2O4S. The smallest absolute Gasteiger partial charge is 0.241 e. The molecular weight excluding hydrogens is 400 g/mol. The zero-order chi connectivity index (χ0) is 22.5. The normalized spacial score (nSPS) is 14.9. The molecule has 3 unspecified atom stereocenters. The molecule has 0 saturated carbocycles. The van der Waals surface area contributed by atoms with Crippen molar-refractivity contribution in [1.82, 2.24) is 10.0 Å². The van der Waals surface area contributed by atoms with Gasteiger partial charge in [0, 0.05) is 0 Å². The number of aliphatic hydroxyl groups excluding tert-OH is 1. The lowest BCUT2D eigenvalue weighted by molar-refractivity contribution is -0.125. The van der Waals surface area contributed by atoms with Crippen LogP contribution in [0.1, 0.15) is 50.4 Å². The predicted octanol–water partition coefficient (Wildman–Crippen LogP) is 3.10. The van der Waals surface area contributed by atoms with Gasteiger partial charge in [0.15, 0.2) is 0 Å². The van der Waals surface area contributed by atoms with Crippen molar-refractivity contribution in [3.8, 4) is 0 Å². The molecule has 0 spiro atoms. The number of sulfonamides is 1. The average molecular weight is 433 g/mol. The van der Waals surface area contributed by atoms with Gasteiger partial charge in [0.25, 0.3) is 0 Å². The Morgan fingerprint density at radius 1 is 0.967 bits per heavy atom. The summed E-state index contributed by atoms with van der Waals surface area (Å²) < 4.78 is 27.6. The number of nitrogens with one attached hydrogen (secondary N) is 2. The van der Waals surface area contributed by atoms with E-state index in [9.17, 15) is 18.3 Å². The number of aliphatic hydroxyl groups is 1. The van der Waals surface area contributed by atoms with E-state index in [-0.39, 0.29) is 10.9 Å². The first-order chi connectivity index (χ1) is 14.0. The summed E-state index contributed by atoms with van der Waals surface area (Å²) >= 11 is 0. The molecule has 0 heterocycles. The Bertz CT molecular complexity index is 936. The number of carbonyl (C=O) groups is 1. The average Bonchev–Trinajstić information content (AvgIpc) is 2.66. The van der Waals surface area contributed by atoms with E-state index >= 15 is 0 Å². The molecule has 164 valence electrons. The molecule has 0 aliphatic carbocycles. The third kappa shape index (κ3) is 6.65. The molecule has 1 amide bonds. The van der Waals surface area contributed by atoms with Crippen molar-refractivity contribution >= 4 is 15.9 Å². The van der Waals surface area contributed by atoms with E-state index in [0.29, 0.717) is 5.92 Å². The molecule has 0 aliphatic heterocycles. The van der Waals surface area contributed by atoms with Crippen LogP contribution in [0, 0.1) is 12.8 Å². The fourth-order valence-corrected chi connectivity index (χ4v) is 4.39. The molecule has 3 N–H and O–H groups in total. The van der Waals surface area contributed by atoms with Crippen LogP contribution in [-0.4, -0.2) is 31.6 Å². The number of benzene rings is 2. The van der Waals surface area contributed by atoms with Crippen molar-refractivity contribution in [2.45, 2.75) is 64.1 Å². The summed E-state index contributed by atoms with van der Waals surface area (Å²) in [6, 6.07) is 12.6. The molecule has 30 heavy (non-hydrogen) atoms. The fourth-order valence-electron chi connectivity index (χ4n) is 3.12. The second-order valence-corrected chi connectivity index (χ2v) is 9.94. The van der Waals surface area contributed by atoms with Gasteiger partial charge >= 0.3 is 0 Å². The summed E-state index contributed by atoms with van der Waals surface area (Å²) in [6.45, 7) is 9.37. The fraction of sp³-hybridized carbons (Fsp3) is 0.435. The number of rotatable bonds is 9. The van der Waals surface area contributed by atoms with Gasteiger partial charge in [-0.1, -0.05) is 55.8 Å². The summed E-state index contributed by atoms with van der Waals surface area (Å²) in [7, 11) is -3.95. The van der Waals surface area contributed by atoms with E-state index in [2.05, 4.69) is 23.9 Å². The quantitative estimate of drug-likeness (QED) is 0.567. The highest BCUT2D eigenvalue weighted by Gasteiger charge is 2.30. The first-order valence-corrected chi connectivity index (χ1v) is 11.6. The minimum Gasteiger partial charge on any atom is -0.391 e. The van der Waals surface area contributed by atoms with Crippen molar-refractivity contribution in [3.63, 3.8) is 0 Å². The summed E-state index contributed by atoms with van der Waals surface area (Å²) in [5, 5.41) is 12.8. The van der Waals surface area contributed by atoms with Crippen LogP contribution < -0.4 is 10.0 Å². The lowest BCUT2D eigenvalue weighted by atomic mass is 10.00. The summed E-state index contributed by atoms with van der Waals surface area (Å²) in [6.07, 6.45) is -0.225. The largest absolute Gasteiger partial charge is 0.391 e. The maximum absolute atomic E-state index is 12.7. The maximum Gasteiger partial charge on any atom is 0.241 e. The van der Waals surface area contributed by atoms with E-state index < -0.39 is 28.1 Å². The highest BCUT2D eigenvalue weighted by atomic mass is 32.2. The van der Waals surface area contributed by atoms with E-state index in [1.807, 2.05) is 38.1 Å². The summed E-state index contributed by atoms with van der Waals surface area (Å²) in [4.78, 5) is 12.8. The Morgan fingerprint density at radius 3 is 2.03 bits per heavy atom. The second kappa shape index (κ2) is 10.2. The highest BCUT2D eigenvalue weighted by molar-refractivity contribution is 7.89. The lowest BCUT2D eigenvalue weighted by Crippen LogP contribution is -2.52. The first kappa shape index (κ1) is 24.1. The molecule has 2 aromatic carbocycles. The zero-order valence-corrected chi connectivity index (χ0v) is 19.0. The Kier molecular flexibility index (Phi) is 8.18. The van der Waals surface area contributed by atoms with Gasteiger partial charge in [-0.05, 0) is 56.4 Å². The van der Waals surface area contributed by atoms with Gasteiger partial charge in [-0.2, -0.15) is 4.72 Å². The van der Waals surface area contributed by atoms with Crippen molar-refractivity contribution in [1.29, 1.82) is 0 Å². The van der Waals surface area contributed by atoms with Crippen LogP contribution in [0.15, 0.2) is 53.4 Å². The Morgan fingerprint density at radius 2 is 1.53 bits per heavy atom. The van der Waals surface area contributed by atoms with Crippen LogP contribution >= 0.6 is 0 Å². The molecule has 7 heteroatoms. The number of amides is 1. The van der Waals surface area contributed by atoms with E-state index in [4.69, 9.17) is 0 Å². The van der Waals surface area contributed by atoms with E-state index in [1.165, 1.54) is 24.6 Å². The van der Waals surface area contributed by atoms with Crippen LogP contribution in [0.5, 0.6) is 0 Å². The standard InChI is InChI=1S/C23H32N2O4S/c1-15(2)14-19-8-10-20(11-9-19)17(4)24-23(27)22(18(5)26)25-30(28,29)21-12-6-16(3)7-13-21/h6-13,15,17-18,22,25-26H,14H2,1-5H3,(H,24,27). The Hall–Kier alpha value is -2.22. The van der Waals surface area contributed by atoms with Gasteiger partial charge in [-0.15, -0.1) is 0 Å². The van der Waals surface area contributed by atoms with Crippen LogP contribution in [0.4, 0.5) is 0 Å². The second-order valence-electron chi connectivity index (χ2n) is 8.22. The van der Waals surface area contributed by atoms with Gasteiger partial charge in [0.1, 0.15) is 6.04 Å². The molecule has 2 rings (SSSR count). The predicted molar refractivity (Wildman–Crippen MR) is 119 cm³/mol. The van der Waals surface area contributed by atoms with Crippen LogP contribution in [0.3, 0.4) is 0 Å². The molecule has 2 aromatic rings. The maximum atomic E-state index is 12.7. The van der Waals surface area contributed by atoms with Crippen LogP contribution in [0.25, 0.3) is 0 Å². The third-order valence-electron chi connectivity index (χ3n) is 4.86. The Balaban J connectivity index is 2.10. The number of carbonyl (C=O) groups excluding carboxylic acids is 1. The van der Waals surface area contributed by atoms with E-state index in [1.54, 1.807) is 12.1 Å². The summed E-state index contributed by atoms with van der Waals surface area (Å²) in [5.41, 5.74) is 3.05. The van der Waals surface area contributed by atoms with Crippen molar-refractivity contribution in [2.75, 3.05) is 0 Å². The molecule has 0 aliphatic rings. The Labute approximate surface area is 179 Å². The number of hydrogen-bond acceptors (Lipinski definition) is 4. The first-order valence-electron chi connectivity index (χ1n) is 10.2. The number of hydrogen-bond donors (Lipinski definition) is 3. The molecule has 0 aromatic heterocycles. The van der Waals surface area contributed by atoms with Crippen LogP contribution in [0.2, 0.25) is 0 Å². The lowest BCUT2D eigenvalue weighted by Gasteiger charge is -2.23. The monoisotopic (exact) mass is 432 g/mol. The molecule has 3 atom stereocenters. The van der Waals surface area contributed by atoms with Crippen molar-refractivity contribution in [3.05, 3.63) is 65.2 Å². The minimum atomic E-state index is -3.95. The van der Waals surface area contributed by atoms with E-state index in [0.717, 1.165) is 17.5 Å².